The lowest BCUT2D eigenvalue weighted by molar-refractivity contribution is -0.137. The number of amides is 1. The van der Waals surface area contributed by atoms with Crippen molar-refractivity contribution in [3.05, 3.63) is 87.9 Å². The summed E-state index contributed by atoms with van der Waals surface area (Å²) in [5.41, 5.74) is 9.56. The minimum atomic E-state index is -4.47. The van der Waals surface area contributed by atoms with E-state index < -0.39 is 11.7 Å². The van der Waals surface area contributed by atoms with E-state index >= 15 is 0 Å². The number of benzene rings is 1. The monoisotopic (exact) mass is 481 g/mol. The van der Waals surface area contributed by atoms with Gasteiger partial charge in [-0.2, -0.15) is 13.2 Å². The number of rotatable bonds is 7. The number of allylic oxidation sites excluding steroid dienone is 2. The van der Waals surface area contributed by atoms with Crippen molar-refractivity contribution in [3.8, 4) is 0 Å². The first-order chi connectivity index (χ1) is 16.5. The number of hydrogen-bond donors (Lipinski definition) is 2. The van der Waals surface area contributed by atoms with Crippen LogP contribution in [0.1, 0.15) is 34.9 Å². The van der Waals surface area contributed by atoms with Crippen LogP contribution in [-0.4, -0.2) is 22.6 Å². The van der Waals surface area contributed by atoms with Gasteiger partial charge in [0.05, 0.1) is 11.1 Å². The molecule has 3 N–H and O–H groups in total. The van der Waals surface area contributed by atoms with Crippen molar-refractivity contribution in [2.24, 2.45) is 4.99 Å². The molecule has 1 amide bonds. The van der Waals surface area contributed by atoms with Gasteiger partial charge in [0, 0.05) is 41.5 Å². The number of hydrogen-bond acceptors (Lipinski definition) is 5. The highest BCUT2D eigenvalue weighted by Crippen LogP contribution is 2.31. The summed E-state index contributed by atoms with van der Waals surface area (Å²) in [5.74, 6) is 0.120. The predicted molar refractivity (Wildman–Crippen MR) is 132 cm³/mol. The number of aliphatic imine (C=N–C) groups is 1. The quantitative estimate of drug-likeness (QED) is 0.274. The van der Waals surface area contributed by atoms with E-state index in [0.717, 1.165) is 29.1 Å². The number of alkyl halides is 3. The average Bonchev–Trinajstić information content (AvgIpc) is 2.79. The number of nitrogens with one attached hydrogen (secondary N) is 1. The van der Waals surface area contributed by atoms with E-state index in [1.54, 1.807) is 43.3 Å². The molecule has 0 aliphatic heterocycles. The van der Waals surface area contributed by atoms with Crippen LogP contribution >= 0.6 is 0 Å². The number of aromatic nitrogens is 2. The lowest BCUT2D eigenvalue weighted by Gasteiger charge is -2.12. The normalized spacial score (nSPS) is 12.6. The Balaban J connectivity index is 1.78. The minimum absolute atomic E-state index is 0.278. The van der Waals surface area contributed by atoms with Crippen molar-refractivity contribution < 1.29 is 18.0 Å². The van der Waals surface area contributed by atoms with E-state index in [0.29, 0.717) is 33.6 Å². The fourth-order valence-corrected chi connectivity index (χ4v) is 3.69. The average molecular weight is 482 g/mol. The zero-order chi connectivity index (χ0) is 25.8. The third kappa shape index (κ3) is 6.32. The van der Waals surface area contributed by atoms with Crippen molar-refractivity contribution in [2.75, 3.05) is 5.73 Å². The molecule has 0 saturated carbocycles. The highest BCUT2D eigenvalue weighted by molar-refractivity contribution is 5.96. The van der Waals surface area contributed by atoms with Gasteiger partial charge in [-0.3, -0.25) is 14.8 Å². The standard InChI is InChI=1S/C26H26F3N5O/c1-5-18(25(35)33-14-22-15(2)8-24(30)34-16(22)3)12-21(31-4)10-17-6-7-23-19(9-17)11-20(13-32-23)26(27,28)29/h5-9,11-13H,4,10,14H2,1-3H3,(H2,30,34)(H,33,35)/b18-5+,21-12-. The van der Waals surface area contributed by atoms with Crippen LogP contribution in [0.3, 0.4) is 0 Å². The first-order valence-corrected chi connectivity index (χ1v) is 10.8. The van der Waals surface area contributed by atoms with Gasteiger partial charge >= 0.3 is 6.18 Å². The summed E-state index contributed by atoms with van der Waals surface area (Å²) in [6.45, 7) is 9.33. The highest BCUT2D eigenvalue weighted by Gasteiger charge is 2.31. The topological polar surface area (TPSA) is 93.3 Å². The molecule has 35 heavy (non-hydrogen) atoms. The zero-order valence-corrected chi connectivity index (χ0v) is 19.7. The second-order valence-electron chi connectivity index (χ2n) is 8.07. The number of nitrogens with two attached hydrogens (primary N) is 1. The molecule has 182 valence electrons. The molecule has 1 aromatic carbocycles. The molecule has 2 aromatic heterocycles. The summed E-state index contributed by atoms with van der Waals surface area (Å²) in [5, 5.41) is 3.25. The fraction of sp³-hybridized carbons (Fsp3) is 0.231. The molecule has 6 nitrogen and oxygen atoms in total. The SMILES string of the molecule is C=N/C(=C\C(=C/C)C(=O)NCc1c(C)cc(N)nc1C)Cc1ccc2ncc(C(F)(F)F)cc2c1. The molecule has 2 heterocycles. The van der Waals surface area contributed by atoms with E-state index in [4.69, 9.17) is 5.73 Å². The summed E-state index contributed by atoms with van der Waals surface area (Å²) >= 11 is 0. The minimum Gasteiger partial charge on any atom is -0.384 e. The van der Waals surface area contributed by atoms with E-state index in [9.17, 15) is 18.0 Å². The van der Waals surface area contributed by atoms with Gasteiger partial charge in [-0.25, -0.2) is 4.98 Å². The molecule has 0 spiro atoms. The Kier molecular flexibility index (Phi) is 7.68. The van der Waals surface area contributed by atoms with Crippen LogP contribution in [0.15, 0.2) is 64.9 Å². The van der Waals surface area contributed by atoms with Crippen LogP contribution in [0.2, 0.25) is 0 Å². The van der Waals surface area contributed by atoms with E-state index in [1.165, 1.54) is 0 Å². The third-order valence-corrected chi connectivity index (χ3v) is 5.56. The van der Waals surface area contributed by atoms with Gasteiger partial charge in [-0.1, -0.05) is 12.1 Å². The van der Waals surface area contributed by atoms with Crippen molar-refractivity contribution in [3.63, 3.8) is 0 Å². The number of halogens is 3. The van der Waals surface area contributed by atoms with Crippen molar-refractivity contribution in [1.29, 1.82) is 0 Å². The Hall–Kier alpha value is -4.01. The molecule has 0 aliphatic rings. The van der Waals surface area contributed by atoms with Gasteiger partial charge in [-0.15, -0.1) is 0 Å². The molecular weight excluding hydrogens is 455 g/mol. The molecule has 0 aliphatic carbocycles. The number of carbonyl (C=O) groups excluding carboxylic acids is 1. The van der Waals surface area contributed by atoms with Crippen LogP contribution in [0.5, 0.6) is 0 Å². The number of anilines is 1. The molecule has 0 fully saturated rings. The Morgan fingerprint density at radius 2 is 1.97 bits per heavy atom. The van der Waals surface area contributed by atoms with Gasteiger partial charge in [0.25, 0.3) is 5.91 Å². The van der Waals surface area contributed by atoms with E-state index in [2.05, 4.69) is 27.0 Å². The summed E-state index contributed by atoms with van der Waals surface area (Å²) < 4.78 is 39.1. The molecule has 0 unspecified atom stereocenters. The number of nitrogen functional groups attached to an aromatic ring is 1. The first kappa shape index (κ1) is 25.6. The van der Waals surface area contributed by atoms with Crippen molar-refractivity contribution in [1.82, 2.24) is 15.3 Å². The Morgan fingerprint density at radius 3 is 2.60 bits per heavy atom. The van der Waals surface area contributed by atoms with E-state index in [-0.39, 0.29) is 18.9 Å². The molecule has 3 aromatic rings. The van der Waals surface area contributed by atoms with Gasteiger partial charge in [0.15, 0.2) is 0 Å². The molecular formula is C26H26F3N5O. The second kappa shape index (κ2) is 10.5. The maximum Gasteiger partial charge on any atom is 0.417 e. The molecule has 0 atom stereocenters. The molecule has 0 bridgehead atoms. The van der Waals surface area contributed by atoms with Crippen LogP contribution in [-0.2, 0) is 23.9 Å². The summed E-state index contributed by atoms with van der Waals surface area (Å²) in [7, 11) is 0. The molecule has 0 saturated heterocycles. The molecule has 3 rings (SSSR count). The van der Waals surface area contributed by atoms with Crippen LogP contribution in [0, 0.1) is 13.8 Å². The Bertz CT molecular complexity index is 1320. The van der Waals surface area contributed by atoms with E-state index in [1.807, 2.05) is 13.8 Å². The van der Waals surface area contributed by atoms with Gasteiger partial charge < -0.3 is 11.1 Å². The van der Waals surface area contributed by atoms with Crippen molar-refractivity contribution >= 4 is 29.3 Å². The maximum absolute atomic E-state index is 13.0. The lowest BCUT2D eigenvalue weighted by atomic mass is 10.0. The second-order valence-corrected chi connectivity index (χ2v) is 8.07. The highest BCUT2D eigenvalue weighted by atomic mass is 19.4. The summed E-state index contributed by atoms with van der Waals surface area (Å²) in [6.07, 6.45) is -0.114. The number of pyridine rings is 2. The third-order valence-electron chi connectivity index (χ3n) is 5.56. The molecule has 0 radical (unpaired) electrons. The van der Waals surface area contributed by atoms with Gasteiger partial charge in [0.2, 0.25) is 0 Å². The number of aryl methyl sites for hydroxylation is 2. The zero-order valence-electron chi connectivity index (χ0n) is 19.7. The summed E-state index contributed by atoms with van der Waals surface area (Å²) in [4.78, 5) is 24.9. The predicted octanol–water partition coefficient (Wildman–Crippen LogP) is 5.24. The lowest BCUT2D eigenvalue weighted by Crippen LogP contribution is -2.25. The van der Waals surface area contributed by atoms with Gasteiger partial charge in [0.1, 0.15) is 5.82 Å². The number of fused-ring (bicyclic) bond motifs is 1. The maximum atomic E-state index is 13.0. The first-order valence-electron chi connectivity index (χ1n) is 10.8. The van der Waals surface area contributed by atoms with Crippen LogP contribution in [0.25, 0.3) is 10.9 Å². The summed E-state index contributed by atoms with van der Waals surface area (Å²) in [6, 6.07) is 7.86. The number of nitrogens with zero attached hydrogens (tertiary/aromatic N) is 3. The smallest absolute Gasteiger partial charge is 0.384 e. The van der Waals surface area contributed by atoms with Crippen molar-refractivity contribution in [2.45, 2.75) is 39.9 Å². The number of carbonyl (C=O) groups is 1. The fourth-order valence-electron chi connectivity index (χ4n) is 3.69. The van der Waals surface area contributed by atoms with Crippen LogP contribution in [0.4, 0.5) is 19.0 Å². The molecule has 9 heteroatoms. The Morgan fingerprint density at radius 1 is 1.23 bits per heavy atom. The Labute approximate surface area is 201 Å². The van der Waals surface area contributed by atoms with Crippen LogP contribution < -0.4 is 11.1 Å². The van der Waals surface area contributed by atoms with Gasteiger partial charge in [-0.05, 0) is 74.5 Å². The largest absolute Gasteiger partial charge is 0.417 e.